The van der Waals surface area contributed by atoms with Gasteiger partial charge in [0.25, 0.3) is 5.56 Å². The van der Waals surface area contributed by atoms with Gasteiger partial charge >= 0.3 is 5.69 Å². The van der Waals surface area contributed by atoms with E-state index in [0.29, 0.717) is 37.7 Å². The molecule has 1 fully saturated rings. The predicted octanol–water partition coefficient (Wildman–Crippen LogP) is -0.0939. The summed E-state index contributed by atoms with van der Waals surface area (Å²) in [5.74, 6) is 0.0255. The van der Waals surface area contributed by atoms with Gasteiger partial charge in [0.15, 0.2) is 0 Å². The first kappa shape index (κ1) is 16.8. The lowest BCUT2D eigenvalue weighted by molar-refractivity contribution is 0.0396. The minimum Gasteiger partial charge on any atom is -0.497 e. The summed E-state index contributed by atoms with van der Waals surface area (Å²) in [4.78, 5) is 26.4. The van der Waals surface area contributed by atoms with Crippen molar-refractivity contribution in [2.24, 2.45) is 5.10 Å². The van der Waals surface area contributed by atoms with Crippen LogP contribution in [0.5, 0.6) is 11.6 Å². The van der Waals surface area contributed by atoms with Crippen LogP contribution in [0.15, 0.2) is 39.0 Å². The minimum absolute atomic E-state index is 0.103. The van der Waals surface area contributed by atoms with Gasteiger partial charge in [-0.25, -0.2) is 9.36 Å². The van der Waals surface area contributed by atoms with Gasteiger partial charge in [0, 0.05) is 6.07 Å². The Labute approximate surface area is 142 Å². The summed E-state index contributed by atoms with van der Waals surface area (Å²) in [5.41, 5.74) is -1.20. The third-order valence-electron chi connectivity index (χ3n) is 3.77. The highest BCUT2D eigenvalue weighted by Gasteiger charge is 2.15. The van der Waals surface area contributed by atoms with E-state index in [4.69, 9.17) is 9.47 Å². The normalized spacial score (nSPS) is 14.8. The Kier molecular flexibility index (Phi) is 4.85. The molecule has 2 aromatic rings. The molecule has 0 bridgehead atoms. The number of hydrazone groups is 1. The van der Waals surface area contributed by atoms with E-state index in [-0.39, 0.29) is 5.56 Å². The number of benzene rings is 1. The van der Waals surface area contributed by atoms with Crippen LogP contribution in [0, 0.1) is 0 Å². The number of nitrogens with one attached hydrogen (secondary N) is 1. The van der Waals surface area contributed by atoms with E-state index in [1.54, 1.807) is 29.3 Å². The first-order valence-corrected chi connectivity index (χ1v) is 7.69. The molecule has 3 rings (SSSR count). The quantitative estimate of drug-likeness (QED) is 0.749. The number of H-pyrrole nitrogens is 1. The SMILES string of the molecule is COc1cccc(-n2c(O)c(/C=N/N3CCOCC3)c(=O)[nH]c2=O)c1. The molecular weight excluding hydrogens is 328 g/mol. The average molecular weight is 346 g/mol. The van der Waals surface area contributed by atoms with Gasteiger partial charge in [0.2, 0.25) is 5.88 Å². The topological polar surface area (TPSA) is 109 Å². The van der Waals surface area contributed by atoms with E-state index in [1.807, 2.05) is 0 Å². The number of hydrogen-bond acceptors (Lipinski definition) is 7. The summed E-state index contributed by atoms with van der Waals surface area (Å²) in [6, 6.07) is 6.57. The zero-order chi connectivity index (χ0) is 17.8. The van der Waals surface area contributed by atoms with Crippen molar-refractivity contribution >= 4 is 6.21 Å². The number of ether oxygens (including phenoxy) is 2. The van der Waals surface area contributed by atoms with E-state index in [2.05, 4.69) is 10.1 Å². The highest BCUT2D eigenvalue weighted by molar-refractivity contribution is 5.82. The lowest BCUT2D eigenvalue weighted by Gasteiger charge is -2.23. The maximum absolute atomic E-state index is 12.2. The molecule has 1 aromatic heterocycles. The van der Waals surface area contributed by atoms with Crippen LogP contribution in [0.3, 0.4) is 0 Å². The average Bonchev–Trinajstić information content (AvgIpc) is 2.62. The van der Waals surface area contributed by atoms with Gasteiger partial charge in [-0.2, -0.15) is 5.10 Å². The van der Waals surface area contributed by atoms with E-state index in [9.17, 15) is 14.7 Å². The monoisotopic (exact) mass is 346 g/mol. The van der Waals surface area contributed by atoms with Crippen LogP contribution in [-0.4, -0.2) is 59.3 Å². The Balaban J connectivity index is 2.04. The lowest BCUT2D eigenvalue weighted by Crippen LogP contribution is -2.34. The van der Waals surface area contributed by atoms with E-state index < -0.39 is 17.1 Å². The van der Waals surface area contributed by atoms with Crippen molar-refractivity contribution in [2.75, 3.05) is 33.4 Å². The van der Waals surface area contributed by atoms with Crippen molar-refractivity contribution in [3.63, 3.8) is 0 Å². The number of nitrogens with zero attached hydrogens (tertiary/aromatic N) is 3. The number of aromatic amines is 1. The largest absolute Gasteiger partial charge is 0.497 e. The second kappa shape index (κ2) is 7.22. The van der Waals surface area contributed by atoms with Crippen molar-refractivity contribution < 1.29 is 14.6 Å². The summed E-state index contributed by atoms with van der Waals surface area (Å²) in [6.07, 6.45) is 1.25. The third-order valence-corrected chi connectivity index (χ3v) is 3.77. The first-order chi connectivity index (χ1) is 12.1. The maximum Gasteiger partial charge on any atom is 0.335 e. The zero-order valence-electron chi connectivity index (χ0n) is 13.6. The summed E-state index contributed by atoms with van der Waals surface area (Å²) in [7, 11) is 1.50. The molecule has 25 heavy (non-hydrogen) atoms. The molecular formula is C16H18N4O5. The van der Waals surface area contributed by atoms with Crippen LogP contribution < -0.4 is 16.0 Å². The highest BCUT2D eigenvalue weighted by Crippen LogP contribution is 2.19. The molecule has 0 unspecified atom stereocenters. The molecule has 0 spiro atoms. The highest BCUT2D eigenvalue weighted by atomic mass is 16.5. The molecule has 0 aliphatic carbocycles. The molecule has 9 nitrogen and oxygen atoms in total. The van der Waals surface area contributed by atoms with Gasteiger partial charge in [-0.05, 0) is 12.1 Å². The van der Waals surface area contributed by atoms with Gasteiger partial charge in [-0.3, -0.25) is 14.8 Å². The molecule has 1 aliphatic rings. The van der Waals surface area contributed by atoms with Crippen molar-refractivity contribution in [1.29, 1.82) is 0 Å². The molecule has 0 radical (unpaired) electrons. The molecule has 9 heteroatoms. The summed E-state index contributed by atoms with van der Waals surface area (Å²) >= 11 is 0. The van der Waals surface area contributed by atoms with Crippen LogP contribution in [0.25, 0.3) is 5.69 Å². The Morgan fingerprint density at radius 3 is 2.80 bits per heavy atom. The number of morpholine rings is 1. The van der Waals surface area contributed by atoms with Crippen LogP contribution in [0.2, 0.25) is 0 Å². The van der Waals surface area contributed by atoms with Crippen LogP contribution in [0.1, 0.15) is 5.56 Å². The first-order valence-electron chi connectivity index (χ1n) is 7.69. The van der Waals surface area contributed by atoms with Crippen LogP contribution >= 0.6 is 0 Å². The van der Waals surface area contributed by atoms with Crippen molar-refractivity contribution in [1.82, 2.24) is 14.6 Å². The van der Waals surface area contributed by atoms with Crippen molar-refractivity contribution in [3.8, 4) is 17.3 Å². The number of aromatic nitrogens is 2. The zero-order valence-corrected chi connectivity index (χ0v) is 13.6. The minimum atomic E-state index is -0.751. The Bertz CT molecular complexity index is 896. The fraction of sp³-hybridized carbons (Fsp3) is 0.312. The van der Waals surface area contributed by atoms with Gasteiger partial charge in [-0.1, -0.05) is 6.07 Å². The van der Waals surface area contributed by atoms with E-state index in [0.717, 1.165) is 4.57 Å². The number of aromatic hydroxyl groups is 1. The number of methoxy groups -OCH3 is 1. The molecule has 0 atom stereocenters. The molecule has 1 aliphatic heterocycles. The molecule has 2 heterocycles. The molecule has 1 saturated heterocycles. The second-order valence-corrected chi connectivity index (χ2v) is 5.34. The lowest BCUT2D eigenvalue weighted by atomic mass is 10.2. The van der Waals surface area contributed by atoms with Gasteiger partial charge in [0.05, 0.1) is 45.3 Å². The Morgan fingerprint density at radius 2 is 2.08 bits per heavy atom. The fourth-order valence-corrected chi connectivity index (χ4v) is 2.45. The Morgan fingerprint density at radius 1 is 1.32 bits per heavy atom. The standard InChI is InChI=1S/C16H18N4O5/c1-24-12-4-2-3-11(9-12)20-15(22)13(14(21)18-16(20)23)10-17-19-5-7-25-8-6-19/h2-4,9-10,22H,5-8H2,1H3,(H,18,21,23)/b17-10+. The Hall–Kier alpha value is -3.07. The third kappa shape index (κ3) is 3.56. The smallest absolute Gasteiger partial charge is 0.335 e. The maximum atomic E-state index is 12.2. The second-order valence-electron chi connectivity index (χ2n) is 5.34. The van der Waals surface area contributed by atoms with Gasteiger partial charge in [0.1, 0.15) is 11.3 Å². The van der Waals surface area contributed by atoms with Crippen molar-refractivity contribution in [3.05, 3.63) is 50.7 Å². The summed E-state index contributed by atoms with van der Waals surface area (Å²) in [6.45, 7) is 2.27. The summed E-state index contributed by atoms with van der Waals surface area (Å²) < 4.78 is 11.3. The molecule has 0 saturated carbocycles. The molecule has 1 aromatic carbocycles. The molecule has 2 N–H and O–H groups in total. The number of hydrogen-bond donors (Lipinski definition) is 2. The van der Waals surface area contributed by atoms with E-state index in [1.165, 1.54) is 13.3 Å². The molecule has 132 valence electrons. The van der Waals surface area contributed by atoms with Crippen LogP contribution in [0.4, 0.5) is 0 Å². The van der Waals surface area contributed by atoms with Crippen molar-refractivity contribution in [2.45, 2.75) is 0 Å². The van der Waals surface area contributed by atoms with E-state index >= 15 is 0 Å². The predicted molar refractivity (Wildman–Crippen MR) is 90.9 cm³/mol. The van der Waals surface area contributed by atoms with Gasteiger partial charge < -0.3 is 14.6 Å². The van der Waals surface area contributed by atoms with Gasteiger partial charge in [-0.15, -0.1) is 0 Å². The van der Waals surface area contributed by atoms with Crippen LogP contribution in [-0.2, 0) is 4.74 Å². The number of rotatable bonds is 4. The molecule has 0 amide bonds. The fourth-order valence-electron chi connectivity index (χ4n) is 2.45. The summed E-state index contributed by atoms with van der Waals surface area (Å²) in [5, 5.41) is 16.4.